The smallest absolute Gasteiger partial charge is 0.229 e. The quantitative estimate of drug-likeness (QED) is 0.764. The highest BCUT2D eigenvalue weighted by Crippen LogP contribution is 2.52. The van der Waals surface area contributed by atoms with Gasteiger partial charge in [-0.25, -0.2) is 0 Å². The number of rotatable bonds is 6. The van der Waals surface area contributed by atoms with Gasteiger partial charge in [0.15, 0.2) is 0 Å². The highest BCUT2D eigenvalue weighted by Gasteiger charge is 2.63. The fraction of sp³-hybridized carbons (Fsp3) is 0.440. The lowest BCUT2D eigenvalue weighted by molar-refractivity contribution is -0.143. The molecule has 2 aromatic rings. The number of carbonyl (C=O) groups is 2. The molecule has 0 spiro atoms. The summed E-state index contributed by atoms with van der Waals surface area (Å²) in [6, 6.07) is 19.5. The first kappa shape index (κ1) is 20.6. The fourth-order valence-electron chi connectivity index (χ4n) is 4.97. The number of carbonyl (C=O) groups excluding carboxylic acids is 2. The minimum atomic E-state index is -0.882. The molecule has 0 saturated carbocycles. The van der Waals surface area contributed by atoms with Crippen molar-refractivity contribution in [3.8, 4) is 0 Å². The number of ether oxygens (including phenoxy) is 1. The van der Waals surface area contributed by atoms with Crippen molar-refractivity contribution in [2.45, 2.75) is 57.9 Å². The summed E-state index contributed by atoms with van der Waals surface area (Å²) in [5.74, 6) is -0.715. The summed E-state index contributed by atoms with van der Waals surface area (Å²) in [5.41, 5.74) is 1.20. The van der Waals surface area contributed by atoms with Gasteiger partial charge in [-0.1, -0.05) is 60.7 Å². The van der Waals surface area contributed by atoms with Gasteiger partial charge in [0.2, 0.25) is 11.8 Å². The molecular weight excluding hydrogens is 376 g/mol. The van der Waals surface area contributed by atoms with Crippen LogP contribution in [-0.2, 0) is 14.3 Å². The maximum atomic E-state index is 13.4. The lowest BCUT2D eigenvalue weighted by Gasteiger charge is -2.37. The summed E-state index contributed by atoms with van der Waals surface area (Å²) >= 11 is 0. The maximum Gasteiger partial charge on any atom is 0.229 e. The van der Waals surface area contributed by atoms with E-state index in [0.29, 0.717) is 0 Å². The lowest BCUT2D eigenvalue weighted by atomic mass is 9.66. The van der Waals surface area contributed by atoms with E-state index in [-0.39, 0.29) is 36.1 Å². The molecule has 0 radical (unpaired) electrons. The molecule has 2 amide bonds. The first-order valence-electron chi connectivity index (χ1n) is 10.8. The molecule has 2 bridgehead atoms. The molecule has 2 heterocycles. The number of nitrogens with one attached hydrogen (secondary N) is 2. The summed E-state index contributed by atoms with van der Waals surface area (Å²) in [6.07, 6.45) is 1.19. The first-order chi connectivity index (χ1) is 14.4. The number of amides is 2. The Morgan fingerprint density at radius 3 is 2.00 bits per heavy atom. The SMILES string of the molecule is C[C@H](NC(=O)[C@@H]1[C@H]2CC[C@H](O2)[C@]1(C)C(=O)N[C@@H](C)c1ccccc1)c1ccccc1. The van der Waals surface area contributed by atoms with Gasteiger partial charge in [0.1, 0.15) is 0 Å². The van der Waals surface area contributed by atoms with E-state index in [2.05, 4.69) is 10.6 Å². The van der Waals surface area contributed by atoms with E-state index < -0.39 is 11.3 Å². The Kier molecular flexibility index (Phi) is 5.65. The number of benzene rings is 2. The lowest BCUT2D eigenvalue weighted by Crippen LogP contribution is -2.55. The third-order valence-corrected chi connectivity index (χ3v) is 6.82. The van der Waals surface area contributed by atoms with Gasteiger partial charge < -0.3 is 15.4 Å². The van der Waals surface area contributed by atoms with E-state index in [0.717, 1.165) is 24.0 Å². The number of fused-ring (bicyclic) bond motifs is 2. The van der Waals surface area contributed by atoms with Crippen molar-refractivity contribution in [2.75, 3.05) is 0 Å². The van der Waals surface area contributed by atoms with Crippen LogP contribution in [0.25, 0.3) is 0 Å². The van der Waals surface area contributed by atoms with Crippen molar-refractivity contribution in [3.63, 3.8) is 0 Å². The van der Waals surface area contributed by atoms with Crippen LogP contribution >= 0.6 is 0 Å². The molecule has 158 valence electrons. The van der Waals surface area contributed by atoms with Crippen molar-refractivity contribution in [3.05, 3.63) is 71.8 Å². The van der Waals surface area contributed by atoms with Crippen LogP contribution in [0.2, 0.25) is 0 Å². The van der Waals surface area contributed by atoms with Crippen molar-refractivity contribution in [1.29, 1.82) is 0 Å². The van der Waals surface area contributed by atoms with E-state index in [1.807, 2.05) is 81.4 Å². The molecule has 0 aliphatic carbocycles. The monoisotopic (exact) mass is 406 g/mol. The van der Waals surface area contributed by atoms with Gasteiger partial charge >= 0.3 is 0 Å². The first-order valence-corrected chi connectivity index (χ1v) is 10.8. The summed E-state index contributed by atoms with van der Waals surface area (Å²) in [6.45, 7) is 5.83. The van der Waals surface area contributed by atoms with Crippen LogP contribution in [0.3, 0.4) is 0 Å². The molecule has 5 nitrogen and oxygen atoms in total. The van der Waals surface area contributed by atoms with Gasteiger partial charge in [-0.3, -0.25) is 9.59 Å². The van der Waals surface area contributed by atoms with Crippen LogP contribution in [0.1, 0.15) is 56.8 Å². The average molecular weight is 407 g/mol. The molecule has 4 rings (SSSR count). The average Bonchev–Trinajstić information content (AvgIpc) is 3.35. The van der Waals surface area contributed by atoms with Crippen LogP contribution in [0.4, 0.5) is 0 Å². The van der Waals surface area contributed by atoms with Gasteiger partial charge in [0, 0.05) is 0 Å². The zero-order chi connectivity index (χ0) is 21.3. The van der Waals surface area contributed by atoms with Crippen LogP contribution < -0.4 is 10.6 Å². The normalized spacial score (nSPS) is 29.2. The Morgan fingerprint density at radius 2 is 1.43 bits per heavy atom. The van der Waals surface area contributed by atoms with Crippen molar-refractivity contribution in [1.82, 2.24) is 10.6 Å². The van der Waals surface area contributed by atoms with E-state index >= 15 is 0 Å². The van der Waals surface area contributed by atoms with Gasteiger partial charge in [0.05, 0.1) is 35.6 Å². The largest absolute Gasteiger partial charge is 0.373 e. The van der Waals surface area contributed by atoms with Crippen molar-refractivity contribution < 1.29 is 14.3 Å². The zero-order valence-corrected chi connectivity index (χ0v) is 17.8. The van der Waals surface area contributed by atoms with Crippen LogP contribution in [-0.4, -0.2) is 24.0 Å². The predicted molar refractivity (Wildman–Crippen MR) is 115 cm³/mol. The van der Waals surface area contributed by atoms with E-state index in [4.69, 9.17) is 4.74 Å². The third-order valence-electron chi connectivity index (χ3n) is 6.82. The Balaban J connectivity index is 1.52. The second-order valence-electron chi connectivity index (χ2n) is 8.75. The van der Waals surface area contributed by atoms with Gasteiger partial charge in [-0.05, 0) is 44.7 Å². The molecule has 2 aliphatic rings. The van der Waals surface area contributed by atoms with E-state index in [1.54, 1.807) is 0 Å². The molecule has 2 saturated heterocycles. The standard InChI is InChI=1S/C25H30N2O3/c1-16(18-10-6-4-7-11-18)26-23(28)22-20-14-15-21(30-20)25(22,3)24(29)27-17(2)19-12-8-5-9-13-19/h4-13,16-17,20-22H,14-15H2,1-3H3,(H,26,28)(H,27,29)/t16-,17-,20+,21-,22-,25-/m0/s1. The van der Waals surface area contributed by atoms with Crippen LogP contribution in [0.5, 0.6) is 0 Å². The highest BCUT2D eigenvalue weighted by molar-refractivity contribution is 5.92. The minimum Gasteiger partial charge on any atom is -0.373 e. The Labute approximate surface area is 178 Å². The molecule has 2 aromatic carbocycles. The second-order valence-corrected chi connectivity index (χ2v) is 8.75. The highest BCUT2D eigenvalue weighted by atomic mass is 16.5. The molecule has 5 heteroatoms. The molecule has 2 fully saturated rings. The molecule has 0 aromatic heterocycles. The molecule has 2 N–H and O–H groups in total. The summed E-state index contributed by atoms with van der Waals surface area (Å²) in [7, 11) is 0. The van der Waals surface area contributed by atoms with Gasteiger partial charge in [0.25, 0.3) is 0 Å². The molecule has 6 atom stereocenters. The van der Waals surface area contributed by atoms with Gasteiger partial charge in [-0.2, -0.15) is 0 Å². The van der Waals surface area contributed by atoms with Crippen LogP contribution in [0.15, 0.2) is 60.7 Å². The topological polar surface area (TPSA) is 67.4 Å². The molecule has 0 unspecified atom stereocenters. The second kappa shape index (κ2) is 8.23. The molecular formula is C25H30N2O3. The Hall–Kier alpha value is -2.66. The summed E-state index contributed by atoms with van der Waals surface area (Å²) in [5, 5.41) is 6.25. The summed E-state index contributed by atoms with van der Waals surface area (Å²) < 4.78 is 6.10. The third kappa shape index (κ3) is 3.63. The predicted octanol–water partition coefficient (Wildman–Crippen LogP) is 3.92. The van der Waals surface area contributed by atoms with E-state index in [1.165, 1.54) is 0 Å². The van der Waals surface area contributed by atoms with Crippen molar-refractivity contribution >= 4 is 11.8 Å². The molecule has 30 heavy (non-hydrogen) atoms. The fourth-order valence-corrected chi connectivity index (χ4v) is 4.97. The number of hydrogen-bond acceptors (Lipinski definition) is 3. The van der Waals surface area contributed by atoms with E-state index in [9.17, 15) is 9.59 Å². The summed E-state index contributed by atoms with van der Waals surface area (Å²) in [4.78, 5) is 26.8. The van der Waals surface area contributed by atoms with Gasteiger partial charge in [-0.15, -0.1) is 0 Å². The number of hydrogen-bond donors (Lipinski definition) is 2. The Morgan fingerprint density at radius 1 is 0.900 bits per heavy atom. The maximum absolute atomic E-state index is 13.4. The Bertz CT molecular complexity index is 901. The zero-order valence-electron chi connectivity index (χ0n) is 17.8. The van der Waals surface area contributed by atoms with Crippen LogP contribution in [0, 0.1) is 11.3 Å². The minimum absolute atomic E-state index is 0.108. The molecule has 2 aliphatic heterocycles. The van der Waals surface area contributed by atoms with Crippen molar-refractivity contribution in [2.24, 2.45) is 11.3 Å².